The number of carbonyl (C=O) groups excluding carboxylic acids is 1. The van der Waals surface area contributed by atoms with Crippen LogP contribution in [-0.2, 0) is 0 Å². The van der Waals surface area contributed by atoms with Gasteiger partial charge in [0, 0.05) is 32.7 Å². The smallest absolute Gasteiger partial charge is 0.271 e. The molecule has 1 N–H and O–H groups in total. The Labute approximate surface area is 173 Å². The van der Waals surface area contributed by atoms with E-state index in [-0.39, 0.29) is 5.91 Å². The summed E-state index contributed by atoms with van der Waals surface area (Å²) in [5, 5.41) is 4.12. The zero-order chi connectivity index (χ0) is 20.3. The number of benzene rings is 2. The van der Waals surface area contributed by atoms with Gasteiger partial charge in [-0.25, -0.2) is 5.43 Å². The van der Waals surface area contributed by atoms with Crippen molar-refractivity contribution >= 4 is 28.1 Å². The summed E-state index contributed by atoms with van der Waals surface area (Å²) in [5.74, 6) is 0.436. The highest BCUT2D eigenvalue weighted by Gasteiger charge is 2.11. The van der Waals surface area contributed by atoms with Crippen LogP contribution in [0.15, 0.2) is 58.1 Å². The molecule has 0 bridgehead atoms. The van der Waals surface area contributed by atoms with Gasteiger partial charge in [0.15, 0.2) is 0 Å². The molecule has 0 atom stereocenters. The van der Waals surface area contributed by atoms with Crippen LogP contribution in [0, 0.1) is 20.8 Å². The second kappa shape index (κ2) is 8.44. The minimum atomic E-state index is -0.268. The first-order valence-electron chi connectivity index (χ1n) is 8.83. The SMILES string of the molecule is COc1ccc(C(=O)N/N=C\c2cc(C)n(-c3ccc(C)c(Br)c3)c2C)cc1. The van der Waals surface area contributed by atoms with E-state index in [1.165, 1.54) is 5.56 Å². The Kier molecular flexibility index (Phi) is 5.99. The van der Waals surface area contributed by atoms with Crippen LogP contribution in [0.25, 0.3) is 5.69 Å². The molecule has 0 fully saturated rings. The molecule has 1 heterocycles. The third-order valence-electron chi connectivity index (χ3n) is 4.61. The van der Waals surface area contributed by atoms with E-state index >= 15 is 0 Å². The number of amides is 1. The number of halogens is 1. The van der Waals surface area contributed by atoms with Crippen molar-refractivity contribution in [3.8, 4) is 11.4 Å². The second-order valence-corrected chi connectivity index (χ2v) is 7.38. The van der Waals surface area contributed by atoms with Gasteiger partial charge in [-0.15, -0.1) is 0 Å². The summed E-state index contributed by atoms with van der Waals surface area (Å²) in [6.07, 6.45) is 1.67. The molecule has 0 aliphatic carbocycles. The minimum Gasteiger partial charge on any atom is -0.497 e. The first kappa shape index (κ1) is 19.9. The number of hydrazone groups is 1. The highest BCUT2D eigenvalue weighted by molar-refractivity contribution is 9.10. The quantitative estimate of drug-likeness (QED) is 0.452. The molecule has 1 amide bonds. The first-order valence-corrected chi connectivity index (χ1v) is 9.63. The van der Waals surface area contributed by atoms with Crippen molar-refractivity contribution in [1.29, 1.82) is 0 Å². The molecule has 6 heteroatoms. The van der Waals surface area contributed by atoms with Crippen LogP contribution < -0.4 is 10.2 Å². The molecule has 1 aromatic heterocycles. The maximum atomic E-state index is 12.2. The topological polar surface area (TPSA) is 55.6 Å². The summed E-state index contributed by atoms with van der Waals surface area (Å²) < 4.78 is 8.33. The van der Waals surface area contributed by atoms with Crippen LogP contribution in [0.4, 0.5) is 0 Å². The lowest BCUT2D eigenvalue weighted by molar-refractivity contribution is 0.0955. The van der Waals surface area contributed by atoms with Gasteiger partial charge in [0.2, 0.25) is 0 Å². The number of aromatic nitrogens is 1. The van der Waals surface area contributed by atoms with E-state index in [4.69, 9.17) is 4.74 Å². The molecule has 0 saturated carbocycles. The number of carbonyl (C=O) groups is 1. The fourth-order valence-electron chi connectivity index (χ4n) is 3.00. The lowest BCUT2D eigenvalue weighted by Gasteiger charge is -2.11. The van der Waals surface area contributed by atoms with Gasteiger partial charge in [-0.1, -0.05) is 22.0 Å². The van der Waals surface area contributed by atoms with E-state index < -0.39 is 0 Å². The number of hydrogen-bond acceptors (Lipinski definition) is 3. The molecular weight excluding hydrogens is 418 g/mol. The maximum absolute atomic E-state index is 12.2. The first-order chi connectivity index (χ1) is 13.4. The van der Waals surface area contributed by atoms with E-state index in [9.17, 15) is 4.79 Å². The van der Waals surface area contributed by atoms with Gasteiger partial charge in [0.1, 0.15) is 5.75 Å². The highest BCUT2D eigenvalue weighted by Crippen LogP contribution is 2.24. The molecule has 5 nitrogen and oxygen atoms in total. The van der Waals surface area contributed by atoms with Crippen LogP contribution >= 0.6 is 15.9 Å². The summed E-state index contributed by atoms with van der Waals surface area (Å²) in [6, 6.07) is 15.2. The lowest BCUT2D eigenvalue weighted by Crippen LogP contribution is -2.17. The molecule has 3 rings (SSSR count). The van der Waals surface area contributed by atoms with Gasteiger partial charge in [0.25, 0.3) is 5.91 Å². The van der Waals surface area contributed by atoms with Crippen molar-refractivity contribution in [2.24, 2.45) is 5.10 Å². The van der Waals surface area contributed by atoms with Gasteiger partial charge in [-0.3, -0.25) is 4.79 Å². The molecule has 0 unspecified atom stereocenters. The van der Waals surface area contributed by atoms with Crippen molar-refractivity contribution in [2.45, 2.75) is 20.8 Å². The molecule has 0 saturated heterocycles. The number of methoxy groups -OCH3 is 1. The molecule has 0 spiro atoms. The molecule has 28 heavy (non-hydrogen) atoms. The van der Waals surface area contributed by atoms with Crippen molar-refractivity contribution < 1.29 is 9.53 Å². The summed E-state index contributed by atoms with van der Waals surface area (Å²) >= 11 is 3.59. The van der Waals surface area contributed by atoms with E-state index in [1.807, 2.05) is 19.9 Å². The summed E-state index contributed by atoms with van der Waals surface area (Å²) in [7, 11) is 1.59. The van der Waals surface area contributed by atoms with Gasteiger partial charge in [-0.05, 0) is 68.8 Å². The van der Waals surface area contributed by atoms with E-state index in [1.54, 1.807) is 37.6 Å². The number of rotatable bonds is 5. The zero-order valence-electron chi connectivity index (χ0n) is 16.3. The Morgan fingerprint density at radius 3 is 2.46 bits per heavy atom. The fourth-order valence-corrected chi connectivity index (χ4v) is 3.37. The Bertz CT molecular complexity index is 1040. The Hall–Kier alpha value is -2.86. The Balaban J connectivity index is 1.77. The number of nitrogens with zero attached hydrogens (tertiary/aromatic N) is 2. The Morgan fingerprint density at radius 1 is 1.11 bits per heavy atom. The molecular formula is C22H22BrN3O2. The number of nitrogens with one attached hydrogen (secondary N) is 1. The zero-order valence-corrected chi connectivity index (χ0v) is 17.9. The molecule has 2 aromatic carbocycles. The van der Waals surface area contributed by atoms with Gasteiger partial charge in [-0.2, -0.15) is 5.10 Å². The molecule has 144 valence electrons. The third-order valence-corrected chi connectivity index (χ3v) is 5.46. The maximum Gasteiger partial charge on any atom is 0.271 e. The minimum absolute atomic E-state index is 0.268. The van der Waals surface area contributed by atoms with Crippen LogP contribution in [0.1, 0.15) is 32.9 Å². The standard InChI is InChI=1S/C22H22BrN3O2/c1-14-5-8-19(12-21(14)23)26-15(2)11-18(16(26)3)13-24-25-22(27)17-6-9-20(28-4)10-7-17/h5-13H,1-4H3,(H,25,27)/b24-13-. The van der Waals surface area contributed by atoms with E-state index in [0.29, 0.717) is 11.3 Å². The van der Waals surface area contributed by atoms with Gasteiger partial charge < -0.3 is 9.30 Å². The van der Waals surface area contributed by atoms with Crippen LogP contribution in [0.3, 0.4) is 0 Å². The summed E-state index contributed by atoms with van der Waals surface area (Å²) in [5.41, 5.74) is 8.45. The van der Waals surface area contributed by atoms with Crippen LogP contribution in [0.2, 0.25) is 0 Å². The van der Waals surface area contributed by atoms with Crippen molar-refractivity contribution in [3.63, 3.8) is 0 Å². The van der Waals surface area contributed by atoms with Crippen LogP contribution in [-0.4, -0.2) is 23.8 Å². The summed E-state index contributed by atoms with van der Waals surface area (Å²) in [4.78, 5) is 12.2. The third kappa shape index (κ3) is 4.17. The fraction of sp³-hybridized carbons (Fsp3) is 0.182. The summed E-state index contributed by atoms with van der Waals surface area (Å²) in [6.45, 7) is 6.15. The average Bonchev–Trinajstić information content (AvgIpc) is 2.97. The van der Waals surface area contributed by atoms with Gasteiger partial charge in [0.05, 0.1) is 13.3 Å². The lowest BCUT2D eigenvalue weighted by atomic mass is 10.2. The normalized spacial score (nSPS) is 11.0. The predicted octanol–water partition coefficient (Wildman–Crippen LogP) is 4.94. The monoisotopic (exact) mass is 439 g/mol. The van der Waals surface area contributed by atoms with E-state index in [2.05, 4.69) is 56.1 Å². The number of aryl methyl sites for hydroxylation is 2. The van der Waals surface area contributed by atoms with Crippen molar-refractivity contribution in [1.82, 2.24) is 9.99 Å². The molecule has 0 aliphatic rings. The molecule has 3 aromatic rings. The van der Waals surface area contributed by atoms with E-state index in [0.717, 1.165) is 27.1 Å². The van der Waals surface area contributed by atoms with Crippen molar-refractivity contribution in [3.05, 3.63) is 81.1 Å². The average molecular weight is 440 g/mol. The van der Waals surface area contributed by atoms with Crippen molar-refractivity contribution in [2.75, 3.05) is 7.11 Å². The second-order valence-electron chi connectivity index (χ2n) is 6.52. The number of ether oxygens (including phenoxy) is 1. The number of hydrogen-bond donors (Lipinski definition) is 1. The predicted molar refractivity (Wildman–Crippen MR) is 116 cm³/mol. The Morgan fingerprint density at radius 2 is 1.82 bits per heavy atom. The largest absolute Gasteiger partial charge is 0.497 e. The van der Waals surface area contributed by atoms with Gasteiger partial charge >= 0.3 is 0 Å². The molecule has 0 radical (unpaired) electrons. The van der Waals surface area contributed by atoms with Crippen LogP contribution in [0.5, 0.6) is 5.75 Å². The highest BCUT2D eigenvalue weighted by atomic mass is 79.9. The molecule has 0 aliphatic heterocycles.